The van der Waals surface area contributed by atoms with Crippen LogP contribution in [0.4, 0.5) is 0 Å². The number of hydrogen-bond acceptors (Lipinski definition) is 4. The molecule has 0 N–H and O–H groups in total. The van der Waals surface area contributed by atoms with Crippen molar-refractivity contribution < 1.29 is 4.42 Å². The van der Waals surface area contributed by atoms with E-state index in [-0.39, 0.29) is 0 Å². The van der Waals surface area contributed by atoms with Crippen LogP contribution in [0.3, 0.4) is 0 Å². The molecule has 47 heavy (non-hydrogen) atoms. The molecule has 2 atom stereocenters. The first kappa shape index (κ1) is 27.4. The summed E-state index contributed by atoms with van der Waals surface area (Å²) in [4.78, 5) is 14.9. The van der Waals surface area contributed by atoms with Crippen molar-refractivity contribution in [3.8, 4) is 34.2 Å². The van der Waals surface area contributed by atoms with E-state index in [4.69, 9.17) is 19.4 Å². The smallest absolute Gasteiger partial charge is 0.164 e. The fourth-order valence-electron chi connectivity index (χ4n) is 7.05. The van der Waals surface area contributed by atoms with E-state index in [1.165, 1.54) is 27.7 Å². The highest BCUT2D eigenvalue weighted by Gasteiger charge is 2.24. The van der Waals surface area contributed by atoms with Gasteiger partial charge in [-0.2, -0.15) is 0 Å². The van der Waals surface area contributed by atoms with Crippen LogP contribution in [0.5, 0.6) is 0 Å². The third kappa shape index (κ3) is 4.99. The molecule has 0 amide bonds. The van der Waals surface area contributed by atoms with Crippen LogP contribution in [-0.4, -0.2) is 15.0 Å². The Morgan fingerprint density at radius 2 is 1.15 bits per heavy atom. The zero-order valence-corrected chi connectivity index (χ0v) is 25.8. The summed E-state index contributed by atoms with van der Waals surface area (Å²) < 4.78 is 6.23. The lowest BCUT2D eigenvalue weighted by Crippen LogP contribution is -2.14. The Hall–Kier alpha value is -5.87. The normalized spacial score (nSPS) is 18.0. The number of benzene rings is 4. The Kier molecular flexibility index (Phi) is 6.71. The number of para-hydroxylation sites is 1. The molecule has 224 valence electrons. The van der Waals surface area contributed by atoms with Crippen LogP contribution in [-0.2, 0) is 6.42 Å². The molecule has 9 rings (SSSR count). The van der Waals surface area contributed by atoms with Gasteiger partial charge in [-0.15, -0.1) is 0 Å². The SMILES string of the molecule is C1=CC2C=CC=C(c3ccc(-c4nc(-c5ccccc5)nc(-c5ccc(C6=CCCc7oc8ccccc8c76)cc5)n4)cc3)C2C=C1. The molecule has 4 heteroatoms. The maximum absolute atomic E-state index is 6.23. The van der Waals surface area contributed by atoms with Gasteiger partial charge in [-0.05, 0) is 34.8 Å². The standard InChI is InChI=1S/C43H31N3O/c1-2-11-31(12-3-1)41-44-42(32-24-20-29(21-25-32)35-16-8-13-28-10-4-5-14-34(28)35)46-43(45-41)33-26-22-30(23-27-33)36-17-9-19-39-40(36)37-15-6-7-18-38(37)47-39/h1-8,10-18,20-28,34H,9,19H2. The van der Waals surface area contributed by atoms with Crippen molar-refractivity contribution in [2.75, 3.05) is 0 Å². The summed E-state index contributed by atoms with van der Waals surface area (Å²) in [6, 6.07) is 35.7. The predicted molar refractivity (Wildman–Crippen MR) is 190 cm³/mol. The van der Waals surface area contributed by atoms with Crippen LogP contribution < -0.4 is 0 Å². The maximum atomic E-state index is 6.23. The van der Waals surface area contributed by atoms with Gasteiger partial charge in [-0.3, -0.25) is 0 Å². The van der Waals surface area contributed by atoms with E-state index in [9.17, 15) is 0 Å². The van der Waals surface area contributed by atoms with Crippen molar-refractivity contribution in [2.24, 2.45) is 11.8 Å². The molecule has 0 aliphatic heterocycles. The summed E-state index contributed by atoms with van der Waals surface area (Å²) in [7, 11) is 0. The van der Waals surface area contributed by atoms with Gasteiger partial charge in [0.05, 0.1) is 0 Å². The molecule has 2 heterocycles. The van der Waals surface area contributed by atoms with E-state index in [1.807, 2.05) is 36.4 Å². The first-order valence-electron chi connectivity index (χ1n) is 16.3. The first-order valence-corrected chi connectivity index (χ1v) is 16.3. The van der Waals surface area contributed by atoms with E-state index in [1.54, 1.807) is 0 Å². The van der Waals surface area contributed by atoms with Crippen molar-refractivity contribution in [1.82, 2.24) is 15.0 Å². The van der Waals surface area contributed by atoms with Gasteiger partial charge in [0.25, 0.3) is 0 Å². The molecule has 0 saturated carbocycles. The second-order valence-electron chi connectivity index (χ2n) is 12.3. The Balaban J connectivity index is 1.08. The van der Waals surface area contributed by atoms with Crippen LogP contribution in [0.15, 0.2) is 156 Å². The largest absolute Gasteiger partial charge is 0.460 e. The van der Waals surface area contributed by atoms with E-state index in [2.05, 4.69) is 115 Å². The fraction of sp³-hybridized carbons (Fsp3) is 0.0930. The fourth-order valence-corrected chi connectivity index (χ4v) is 7.05. The van der Waals surface area contributed by atoms with E-state index >= 15 is 0 Å². The number of aryl methyl sites for hydroxylation is 1. The number of fused-ring (bicyclic) bond motifs is 4. The van der Waals surface area contributed by atoms with Gasteiger partial charge in [0, 0.05) is 45.9 Å². The molecule has 4 aromatic carbocycles. The predicted octanol–water partition coefficient (Wildman–Crippen LogP) is 10.3. The molecule has 2 unspecified atom stereocenters. The maximum Gasteiger partial charge on any atom is 0.164 e. The number of furan rings is 1. The molecule has 0 radical (unpaired) electrons. The lowest BCUT2D eigenvalue weighted by atomic mass is 9.77. The first-order chi connectivity index (χ1) is 23.3. The molecule has 3 aliphatic rings. The van der Waals surface area contributed by atoms with E-state index in [0.717, 1.165) is 46.4 Å². The van der Waals surface area contributed by atoms with Gasteiger partial charge >= 0.3 is 0 Å². The van der Waals surface area contributed by atoms with Gasteiger partial charge in [0.2, 0.25) is 0 Å². The zero-order chi connectivity index (χ0) is 31.2. The second kappa shape index (κ2) is 11.5. The van der Waals surface area contributed by atoms with Crippen LogP contribution in [0.1, 0.15) is 28.9 Å². The molecule has 4 nitrogen and oxygen atoms in total. The minimum Gasteiger partial charge on any atom is -0.460 e. The van der Waals surface area contributed by atoms with Crippen molar-refractivity contribution in [1.29, 1.82) is 0 Å². The minimum absolute atomic E-state index is 0.357. The summed E-state index contributed by atoms with van der Waals surface area (Å²) in [5.74, 6) is 3.79. The van der Waals surface area contributed by atoms with Crippen molar-refractivity contribution in [3.05, 3.63) is 174 Å². The topological polar surface area (TPSA) is 51.8 Å². The van der Waals surface area contributed by atoms with E-state index < -0.39 is 0 Å². The third-order valence-electron chi connectivity index (χ3n) is 9.40. The molecular weight excluding hydrogens is 574 g/mol. The molecule has 3 aliphatic carbocycles. The van der Waals surface area contributed by atoms with Gasteiger partial charge in [0.15, 0.2) is 17.5 Å². The van der Waals surface area contributed by atoms with Gasteiger partial charge in [-0.25, -0.2) is 15.0 Å². The Labute approximate surface area is 273 Å². The number of allylic oxidation sites excluding steroid dienone is 9. The van der Waals surface area contributed by atoms with E-state index in [0.29, 0.717) is 29.3 Å². The Bertz CT molecular complexity index is 2280. The number of hydrogen-bond donors (Lipinski definition) is 0. The van der Waals surface area contributed by atoms with Gasteiger partial charge < -0.3 is 4.42 Å². The zero-order valence-electron chi connectivity index (χ0n) is 25.8. The molecule has 0 bridgehead atoms. The summed E-state index contributed by atoms with van der Waals surface area (Å²) in [5, 5.41) is 1.17. The Morgan fingerprint density at radius 3 is 1.89 bits per heavy atom. The summed E-state index contributed by atoms with van der Waals surface area (Å²) in [5.41, 5.74) is 9.94. The second-order valence-corrected chi connectivity index (χ2v) is 12.3. The number of nitrogens with zero attached hydrogens (tertiary/aromatic N) is 3. The Morgan fingerprint density at radius 1 is 0.553 bits per heavy atom. The van der Waals surface area contributed by atoms with Crippen LogP contribution in [0, 0.1) is 11.8 Å². The molecular formula is C43H31N3O. The van der Waals surface area contributed by atoms with Crippen molar-refractivity contribution in [2.45, 2.75) is 12.8 Å². The summed E-state index contributed by atoms with van der Waals surface area (Å²) in [6.45, 7) is 0. The van der Waals surface area contributed by atoms with Crippen LogP contribution in [0.25, 0.3) is 56.3 Å². The van der Waals surface area contributed by atoms with Crippen molar-refractivity contribution >= 4 is 22.1 Å². The average Bonchev–Trinajstić information content (AvgIpc) is 3.54. The molecule has 0 spiro atoms. The lowest BCUT2D eigenvalue weighted by molar-refractivity contribution is 0.545. The lowest BCUT2D eigenvalue weighted by Gasteiger charge is -2.27. The number of aromatic nitrogens is 3. The minimum atomic E-state index is 0.357. The highest BCUT2D eigenvalue weighted by Crippen LogP contribution is 2.40. The van der Waals surface area contributed by atoms with Crippen LogP contribution in [0.2, 0.25) is 0 Å². The molecule has 0 fully saturated rings. The van der Waals surface area contributed by atoms with Crippen molar-refractivity contribution in [3.63, 3.8) is 0 Å². The van der Waals surface area contributed by atoms with Gasteiger partial charge in [-0.1, -0.05) is 146 Å². The average molecular weight is 606 g/mol. The quantitative estimate of drug-likeness (QED) is 0.196. The number of rotatable bonds is 5. The molecule has 0 saturated heterocycles. The molecule has 6 aromatic rings. The summed E-state index contributed by atoms with van der Waals surface area (Å²) >= 11 is 0. The summed E-state index contributed by atoms with van der Waals surface area (Å²) in [6.07, 6.45) is 19.7. The third-order valence-corrected chi connectivity index (χ3v) is 9.40. The van der Waals surface area contributed by atoms with Crippen LogP contribution >= 0.6 is 0 Å². The monoisotopic (exact) mass is 605 g/mol. The molecule has 2 aromatic heterocycles. The highest BCUT2D eigenvalue weighted by atomic mass is 16.3. The highest BCUT2D eigenvalue weighted by molar-refractivity contribution is 5.98. The van der Waals surface area contributed by atoms with Gasteiger partial charge in [0.1, 0.15) is 11.3 Å².